The topological polar surface area (TPSA) is 26.8 Å². The second-order valence-corrected chi connectivity index (χ2v) is 11.4. The molecule has 182 valence electrons. The molecule has 0 amide bonds. The van der Waals surface area contributed by atoms with Crippen LogP contribution >= 0.6 is 0 Å². The van der Waals surface area contributed by atoms with Gasteiger partial charge in [-0.1, -0.05) is 36.4 Å². The Kier molecular flexibility index (Phi) is 2.64. The molecule has 0 saturated heterocycles. The maximum atomic E-state index is 6.79. The summed E-state index contributed by atoms with van der Waals surface area (Å²) in [5, 5.41) is 5.07. The van der Waals surface area contributed by atoms with Gasteiger partial charge in [0.25, 0.3) is 5.69 Å². The maximum absolute atomic E-state index is 6.79. The molecular weight excluding hydrogens is 492 g/mol. The van der Waals surface area contributed by atoms with Gasteiger partial charge in [-0.3, -0.25) is 0 Å². The van der Waals surface area contributed by atoms with Crippen LogP contribution < -0.4 is 13.9 Å². The number of ether oxygens (including phenoxy) is 1. The minimum Gasteiger partial charge on any atom is -0.404 e. The summed E-state index contributed by atoms with van der Waals surface area (Å²) < 4.78 is 16.9. The van der Waals surface area contributed by atoms with Crippen LogP contribution in [-0.4, -0.2) is 9.13 Å². The molecule has 4 aromatic heterocycles. The first-order valence-electron chi connectivity index (χ1n) is 13.8. The SMILES string of the molecule is c1cc2c3c(c1)-n1c4ccccc4c4ccc5[n+](c41)C31c3c(ccc4c6ccccc6n-2c34)Oc2cccc-5[n+]21. The lowest BCUT2D eigenvalue weighted by atomic mass is 9.82. The van der Waals surface area contributed by atoms with Crippen molar-refractivity contribution in [3.8, 4) is 34.4 Å². The van der Waals surface area contributed by atoms with Gasteiger partial charge < -0.3 is 9.30 Å². The van der Waals surface area contributed by atoms with Crippen molar-refractivity contribution in [1.29, 1.82) is 0 Å². The van der Waals surface area contributed by atoms with E-state index in [1.165, 1.54) is 77.6 Å². The fraction of sp³-hybridized carbons (Fsp3) is 0.0286. The van der Waals surface area contributed by atoms with Crippen molar-refractivity contribution in [3.05, 3.63) is 120 Å². The Morgan fingerprint density at radius 2 is 1.23 bits per heavy atom. The van der Waals surface area contributed by atoms with E-state index in [4.69, 9.17) is 4.74 Å². The van der Waals surface area contributed by atoms with Crippen LogP contribution in [0.4, 0.5) is 0 Å². The fourth-order valence-corrected chi connectivity index (χ4v) is 8.62. The van der Waals surface area contributed by atoms with Crippen molar-refractivity contribution < 1.29 is 13.9 Å². The van der Waals surface area contributed by atoms with E-state index in [2.05, 4.69) is 127 Å². The number of para-hydroxylation sites is 2. The monoisotopic (exact) mass is 510 g/mol. The molecule has 0 bridgehead atoms. The number of rotatable bonds is 0. The highest BCUT2D eigenvalue weighted by atomic mass is 16.5. The van der Waals surface area contributed by atoms with Crippen LogP contribution in [0.3, 0.4) is 0 Å². The van der Waals surface area contributed by atoms with Gasteiger partial charge in [-0.05, 0) is 60.7 Å². The van der Waals surface area contributed by atoms with Gasteiger partial charge >= 0.3 is 17.2 Å². The third-order valence-electron chi connectivity index (χ3n) is 9.82. The second kappa shape index (κ2) is 5.63. The largest absolute Gasteiger partial charge is 0.404 e. The lowest BCUT2D eigenvalue weighted by Crippen LogP contribution is -2.74. The Bertz CT molecular complexity index is 2590. The molecule has 12 rings (SSSR count). The first-order chi connectivity index (χ1) is 19.9. The Balaban J connectivity index is 1.49. The second-order valence-electron chi connectivity index (χ2n) is 11.4. The van der Waals surface area contributed by atoms with Gasteiger partial charge in [0.2, 0.25) is 5.69 Å². The quantitative estimate of drug-likeness (QED) is 0.215. The van der Waals surface area contributed by atoms with E-state index in [0.29, 0.717) is 0 Å². The van der Waals surface area contributed by atoms with Crippen molar-refractivity contribution in [2.75, 3.05) is 0 Å². The summed E-state index contributed by atoms with van der Waals surface area (Å²) in [6.07, 6.45) is 0. The number of nitrogens with zero attached hydrogens (tertiary/aromatic N) is 4. The summed E-state index contributed by atoms with van der Waals surface area (Å²) in [7, 11) is 0. The Hall–Kier alpha value is -5.42. The summed E-state index contributed by atoms with van der Waals surface area (Å²) >= 11 is 0. The molecule has 4 aliphatic rings. The molecule has 8 heterocycles. The first-order valence-corrected chi connectivity index (χ1v) is 13.8. The fourth-order valence-electron chi connectivity index (χ4n) is 8.62. The molecule has 0 N–H and O–H groups in total. The first kappa shape index (κ1) is 18.8. The molecule has 0 radical (unpaired) electrons. The van der Waals surface area contributed by atoms with Gasteiger partial charge in [0, 0.05) is 22.2 Å². The molecule has 0 fully saturated rings. The molecule has 4 aliphatic heterocycles. The Labute approximate surface area is 226 Å². The van der Waals surface area contributed by atoms with Crippen LogP contribution in [0.2, 0.25) is 0 Å². The zero-order valence-electron chi connectivity index (χ0n) is 21.1. The van der Waals surface area contributed by atoms with Crippen molar-refractivity contribution >= 4 is 43.7 Å². The molecule has 8 aromatic rings. The number of hydrogen-bond acceptors (Lipinski definition) is 1. The Morgan fingerprint density at radius 3 is 2.10 bits per heavy atom. The molecule has 4 aromatic carbocycles. The van der Waals surface area contributed by atoms with E-state index in [0.717, 1.165) is 11.6 Å². The van der Waals surface area contributed by atoms with Gasteiger partial charge in [0.05, 0.1) is 28.2 Å². The number of fused-ring (bicyclic) bond motifs is 9. The van der Waals surface area contributed by atoms with Crippen LogP contribution in [0.15, 0.2) is 109 Å². The summed E-state index contributed by atoms with van der Waals surface area (Å²) in [5.41, 5.74) is 11.7. The van der Waals surface area contributed by atoms with E-state index in [1.807, 2.05) is 0 Å². The van der Waals surface area contributed by atoms with Crippen molar-refractivity contribution in [3.63, 3.8) is 0 Å². The van der Waals surface area contributed by atoms with Crippen LogP contribution in [-0.2, 0) is 5.66 Å². The Morgan fingerprint density at radius 1 is 0.525 bits per heavy atom. The molecule has 0 aliphatic carbocycles. The maximum Gasteiger partial charge on any atom is 0.378 e. The molecule has 0 saturated carbocycles. The average molecular weight is 511 g/mol. The molecular formula is C35H18N4O+2. The number of hydrogen-bond donors (Lipinski definition) is 0. The van der Waals surface area contributed by atoms with Crippen LogP contribution in [0.25, 0.3) is 66.5 Å². The van der Waals surface area contributed by atoms with Crippen molar-refractivity contribution in [1.82, 2.24) is 9.13 Å². The molecule has 40 heavy (non-hydrogen) atoms. The molecule has 1 spiro atoms. The van der Waals surface area contributed by atoms with Crippen molar-refractivity contribution in [2.45, 2.75) is 5.66 Å². The highest BCUT2D eigenvalue weighted by Crippen LogP contribution is 2.57. The average Bonchev–Trinajstić information content (AvgIpc) is 3.62. The van der Waals surface area contributed by atoms with Crippen LogP contribution in [0, 0.1) is 0 Å². The van der Waals surface area contributed by atoms with E-state index < -0.39 is 5.66 Å². The molecule has 1 atom stereocenters. The smallest absolute Gasteiger partial charge is 0.378 e. The molecule has 1 unspecified atom stereocenters. The van der Waals surface area contributed by atoms with Crippen LogP contribution in [0.1, 0.15) is 11.1 Å². The third kappa shape index (κ3) is 1.60. The van der Waals surface area contributed by atoms with Gasteiger partial charge in [-0.25, -0.2) is 0 Å². The molecule has 5 nitrogen and oxygen atoms in total. The minimum absolute atomic E-state index is 0.603. The number of pyridine rings is 2. The lowest BCUT2D eigenvalue weighted by Gasteiger charge is -2.37. The zero-order chi connectivity index (χ0) is 25.5. The third-order valence-corrected chi connectivity index (χ3v) is 9.82. The predicted molar refractivity (Wildman–Crippen MR) is 153 cm³/mol. The zero-order valence-corrected chi connectivity index (χ0v) is 21.1. The lowest BCUT2D eigenvalue weighted by molar-refractivity contribution is -0.932. The number of benzene rings is 4. The highest BCUT2D eigenvalue weighted by molar-refractivity contribution is 6.13. The summed E-state index contributed by atoms with van der Waals surface area (Å²) in [6.45, 7) is 0. The van der Waals surface area contributed by atoms with Crippen molar-refractivity contribution in [2.24, 2.45) is 0 Å². The van der Waals surface area contributed by atoms with Gasteiger partial charge in [0.1, 0.15) is 16.6 Å². The van der Waals surface area contributed by atoms with E-state index in [9.17, 15) is 0 Å². The molecule has 5 heteroatoms. The number of aromatic nitrogens is 4. The van der Waals surface area contributed by atoms with E-state index in [1.54, 1.807) is 0 Å². The van der Waals surface area contributed by atoms with Crippen LogP contribution in [0.5, 0.6) is 11.6 Å². The standard InChI is InChI=1S/C35H18N4O/c1-3-9-23-19(7-1)21-16-18-29-32-33(21)36(23)27-12-5-13-28-31(27)35(32)38-25(11-6-14-30(38)40-29)26-17-15-22-20-8-2-4-10-24(20)37(28)34(22)39(26)35/h1-18H/q+2. The van der Waals surface area contributed by atoms with Gasteiger partial charge in [0.15, 0.2) is 11.4 Å². The minimum atomic E-state index is -0.603. The summed E-state index contributed by atoms with van der Waals surface area (Å²) in [6, 6.07) is 40.0. The van der Waals surface area contributed by atoms with E-state index in [-0.39, 0.29) is 0 Å². The normalized spacial score (nSPS) is 17.8. The highest BCUT2D eigenvalue weighted by Gasteiger charge is 2.71. The summed E-state index contributed by atoms with van der Waals surface area (Å²) in [4.78, 5) is 0. The van der Waals surface area contributed by atoms with E-state index >= 15 is 0 Å². The summed E-state index contributed by atoms with van der Waals surface area (Å²) in [5.74, 6) is 1.80. The van der Waals surface area contributed by atoms with Gasteiger partial charge in [-0.15, -0.1) is 9.13 Å². The predicted octanol–water partition coefficient (Wildman–Crippen LogP) is 6.47. The van der Waals surface area contributed by atoms with Gasteiger partial charge in [-0.2, -0.15) is 4.57 Å².